The Balaban J connectivity index is 2.66. The molecule has 0 N–H and O–H groups in total. The van der Waals surface area contributed by atoms with Crippen LogP contribution < -0.4 is 0 Å². The number of carbonyl (C=O) groups is 1. The molecule has 0 aromatic carbocycles. The average Bonchev–Trinajstić information content (AvgIpc) is 2.46. The number of unbranched alkanes of at least 4 members (excludes halogenated alkanes) is 1. The zero-order valence-corrected chi connectivity index (χ0v) is 12.6. The second kappa shape index (κ2) is 5.90. The van der Waals surface area contributed by atoms with Gasteiger partial charge in [0.05, 0.1) is 0 Å². The van der Waals surface area contributed by atoms with Crippen molar-refractivity contribution in [3.05, 3.63) is 12.2 Å². The van der Waals surface area contributed by atoms with Gasteiger partial charge in [0.1, 0.15) is 5.60 Å². The monoisotopic (exact) mass is 252 g/mol. The molecule has 18 heavy (non-hydrogen) atoms. The summed E-state index contributed by atoms with van der Waals surface area (Å²) in [5.41, 5.74) is -0.253. The molecule has 1 rings (SSSR count). The first-order valence-electron chi connectivity index (χ1n) is 7.18. The van der Waals surface area contributed by atoms with Crippen molar-refractivity contribution in [1.29, 1.82) is 0 Å². The molecule has 0 saturated heterocycles. The van der Waals surface area contributed by atoms with Gasteiger partial charge in [-0.25, -0.2) is 0 Å². The maximum absolute atomic E-state index is 11.3. The van der Waals surface area contributed by atoms with Gasteiger partial charge in [0.2, 0.25) is 0 Å². The smallest absolute Gasteiger partial charge is 0.303 e. The molecule has 0 aliphatic heterocycles. The van der Waals surface area contributed by atoms with Crippen molar-refractivity contribution in [3.8, 4) is 0 Å². The molecule has 0 aromatic heterocycles. The number of carbonyl (C=O) groups excluding carboxylic acids is 1. The molecule has 2 atom stereocenters. The summed E-state index contributed by atoms with van der Waals surface area (Å²) >= 11 is 0. The number of rotatable bonds is 5. The first-order valence-corrected chi connectivity index (χ1v) is 7.18. The Morgan fingerprint density at radius 1 is 1.33 bits per heavy atom. The van der Waals surface area contributed by atoms with Crippen molar-refractivity contribution >= 4 is 5.97 Å². The molecule has 0 amide bonds. The molecule has 0 unspecified atom stereocenters. The average molecular weight is 252 g/mol. The van der Waals surface area contributed by atoms with Crippen molar-refractivity contribution < 1.29 is 9.53 Å². The van der Waals surface area contributed by atoms with Crippen LogP contribution in [0.1, 0.15) is 66.7 Å². The molecule has 0 radical (unpaired) electrons. The van der Waals surface area contributed by atoms with E-state index in [0.717, 1.165) is 25.7 Å². The highest BCUT2D eigenvalue weighted by Gasteiger charge is 2.53. The summed E-state index contributed by atoms with van der Waals surface area (Å²) in [6.07, 6.45) is 10.2. The highest BCUT2D eigenvalue weighted by Crippen LogP contribution is 2.53. The predicted octanol–water partition coefficient (Wildman–Crippen LogP) is 4.49. The van der Waals surface area contributed by atoms with Gasteiger partial charge in [-0.3, -0.25) is 4.79 Å². The van der Waals surface area contributed by atoms with Crippen LogP contribution in [0.2, 0.25) is 0 Å². The molecule has 1 aliphatic rings. The lowest BCUT2D eigenvalue weighted by Crippen LogP contribution is -2.43. The maximum Gasteiger partial charge on any atom is 0.303 e. The van der Waals surface area contributed by atoms with Crippen molar-refractivity contribution in [2.75, 3.05) is 0 Å². The second-order valence-corrected chi connectivity index (χ2v) is 6.28. The van der Waals surface area contributed by atoms with E-state index in [1.54, 1.807) is 0 Å². The molecule has 0 bridgehead atoms. The summed E-state index contributed by atoms with van der Waals surface area (Å²) in [4.78, 5) is 11.3. The normalized spacial score (nSPS) is 30.8. The fraction of sp³-hybridized carbons (Fsp3) is 0.812. The van der Waals surface area contributed by atoms with Gasteiger partial charge in [0.25, 0.3) is 0 Å². The van der Waals surface area contributed by atoms with Gasteiger partial charge >= 0.3 is 5.97 Å². The largest absolute Gasteiger partial charge is 0.459 e. The molecule has 2 heteroatoms. The highest BCUT2D eigenvalue weighted by atomic mass is 16.6. The SMILES string of the molecule is CCCC=CC[C@@H]1CC[C@@](C)(OC(C)=O)C1(C)C. The molecule has 0 aromatic rings. The zero-order chi connectivity index (χ0) is 13.8. The molecule has 0 spiro atoms. The minimum absolute atomic E-state index is 0.0508. The predicted molar refractivity (Wildman–Crippen MR) is 75.3 cm³/mol. The molecule has 1 saturated carbocycles. The summed E-state index contributed by atoms with van der Waals surface area (Å²) in [6, 6.07) is 0. The van der Waals surface area contributed by atoms with E-state index in [9.17, 15) is 4.79 Å². The van der Waals surface area contributed by atoms with E-state index in [4.69, 9.17) is 4.74 Å². The summed E-state index contributed by atoms with van der Waals surface area (Å²) in [6.45, 7) is 10.3. The highest BCUT2D eigenvalue weighted by molar-refractivity contribution is 5.66. The van der Waals surface area contributed by atoms with Crippen LogP contribution in [0.25, 0.3) is 0 Å². The third-order valence-electron chi connectivity index (χ3n) is 4.77. The summed E-state index contributed by atoms with van der Waals surface area (Å²) in [5.74, 6) is 0.447. The quantitative estimate of drug-likeness (QED) is 0.532. The van der Waals surface area contributed by atoms with Crippen LogP contribution in [0, 0.1) is 11.3 Å². The topological polar surface area (TPSA) is 26.3 Å². The van der Waals surface area contributed by atoms with E-state index in [-0.39, 0.29) is 17.0 Å². The number of allylic oxidation sites excluding steroid dienone is 2. The summed E-state index contributed by atoms with van der Waals surface area (Å²) < 4.78 is 5.61. The Hall–Kier alpha value is -0.790. The number of ether oxygens (including phenoxy) is 1. The van der Waals surface area contributed by atoms with E-state index in [2.05, 4.69) is 39.8 Å². The Morgan fingerprint density at radius 2 is 2.00 bits per heavy atom. The van der Waals surface area contributed by atoms with Crippen LogP contribution in [-0.4, -0.2) is 11.6 Å². The number of hydrogen-bond donors (Lipinski definition) is 0. The van der Waals surface area contributed by atoms with Crippen molar-refractivity contribution in [1.82, 2.24) is 0 Å². The Bertz CT molecular complexity index is 317. The van der Waals surface area contributed by atoms with Crippen LogP contribution in [0.5, 0.6) is 0 Å². The molecular formula is C16H28O2. The third-order valence-corrected chi connectivity index (χ3v) is 4.77. The molecule has 2 nitrogen and oxygen atoms in total. The summed E-state index contributed by atoms with van der Waals surface area (Å²) in [7, 11) is 0. The van der Waals surface area contributed by atoms with E-state index in [1.807, 2.05) is 0 Å². The first kappa shape index (κ1) is 15.3. The van der Waals surface area contributed by atoms with Gasteiger partial charge in [-0.2, -0.15) is 0 Å². The molecule has 0 heterocycles. The fourth-order valence-electron chi connectivity index (χ4n) is 3.02. The maximum atomic E-state index is 11.3. The first-order chi connectivity index (χ1) is 8.33. The fourth-order valence-corrected chi connectivity index (χ4v) is 3.02. The van der Waals surface area contributed by atoms with Gasteiger partial charge in [0.15, 0.2) is 0 Å². The van der Waals surface area contributed by atoms with Crippen LogP contribution in [0.3, 0.4) is 0 Å². The lowest BCUT2D eigenvalue weighted by molar-refractivity contribution is -0.166. The van der Waals surface area contributed by atoms with Crippen molar-refractivity contribution in [3.63, 3.8) is 0 Å². The minimum Gasteiger partial charge on any atom is -0.459 e. The lowest BCUT2D eigenvalue weighted by atomic mass is 9.72. The van der Waals surface area contributed by atoms with E-state index in [0.29, 0.717) is 5.92 Å². The van der Waals surface area contributed by atoms with E-state index >= 15 is 0 Å². The Labute approximate surface area is 112 Å². The number of esters is 1. The van der Waals surface area contributed by atoms with Crippen molar-refractivity contribution in [2.24, 2.45) is 11.3 Å². The molecule has 104 valence electrons. The molecule has 1 fully saturated rings. The van der Waals surface area contributed by atoms with Gasteiger partial charge < -0.3 is 4.74 Å². The van der Waals surface area contributed by atoms with Gasteiger partial charge in [-0.05, 0) is 38.5 Å². The van der Waals surface area contributed by atoms with Crippen LogP contribution in [0.15, 0.2) is 12.2 Å². The van der Waals surface area contributed by atoms with Crippen LogP contribution in [0.4, 0.5) is 0 Å². The second-order valence-electron chi connectivity index (χ2n) is 6.28. The zero-order valence-electron chi connectivity index (χ0n) is 12.6. The van der Waals surface area contributed by atoms with Gasteiger partial charge in [-0.1, -0.05) is 39.3 Å². The standard InChI is InChI=1S/C16H28O2/c1-6-7-8-9-10-14-11-12-16(5,15(14,3)4)18-13(2)17/h8-9,14H,6-7,10-12H2,1-5H3/t14-,16-/m1/s1. The van der Waals surface area contributed by atoms with Crippen LogP contribution >= 0.6 is 0 Å². The summed E-state index contributed by atoms with van der Waals surface area (Å²) in [5, 5.41) is 0. The van der Waals surface area contributed by atoms with Gasteiger partial charge in [0, 0.05) is 12.3 Å². The van der Waals surface area contributed by atoms with E-state index < -0.39 is 0 Å². The van der Waals surface area contributed by atoms with Crippen molar-refractivity contribution in [2.45, 2.75) is 72.3 Å². The third kappa shape index (κ3) is 3.15. The minimum atomic E-state index is -0.303. The van der Waals surface area contributed by atoms with Crippen LogP contribution in [-0.2, 0) is 9.53 Å². The molecule has 1 aliphatic carbocycles. The Kier molecular flexibility index (Phi) is 5.01. The van der Waals surface area contributed by atoms with Gasteiger partial charge in [-0.15, -0.1) is 0 Å². The number of hydrogen-bond acceptors (Lipinski definition) is 2. The lowest BCUT2D eigenvalue weighted by Gasteiger charge is -2.40. The van der Waals surface area contributed by atoms with E-state index in [1.165, 1.54) is 13.3 Å². The molecular weight excluding hydrogens is 224 g/mol. The Morgan fingerprint density at radius 3 is 2.56 bits per heavy atom.